The largest absolute Gasteiger partial charge is 0.490 e. The Morgan fingerprint density at radius 2 is 2.00 bits per heavy atom. The van der Waals surface area contributed by atoms with Gasteiger partial charge in [-0.1, -0.05) is 38.5 Å². The molecule has 0 aliphatic carbocycles. The molecule has 1 rings (SSSR count). The second kappa shape index (κ2) is 5.63. The van der Waals surface area contributed by atoms with Crippen LogP contribution in [0, 0.1) is 0 Å². The summed E-state index contributed by atoms with van der Waals surface area (Å²) < 4.78 is 36.6. The molecular weight excluding hydrogens is 160 g/mol. The van der Waals surface area contributed by atoms with Gasteiger partial charge in [-0.25, -0.2) is 0 Å². The lowest BCUT2D eigenvalue weighted by atomic mass is 10.1. The van der Waals surface area contributed by atoms with Gasteiger partial charge in [0.1, 0.15) is 5.75 Å². The summed E-state index contributed by atoms with van der Waals surface area (Å²) in [5.41, 5.74) is 0. The molecular formula is C12H18O. The van der Waals surface area contributed by atoms with Crippen LogP contribution in [0.2, 0.25) is 0 Å². The highest BCUT2D eigenvalue weighted by Crippen LogP contribution is 2.14. The Morgan fingerprint density at radius 3 is 2.54 bits per heavy atom. The van der Waals surface area contributed by atoms with E-state index < -0.39 is 18.8 Å². The zero-order valence-electron chi connectivity index (χ0n) is 12.1. The summed E-state index contributed by atoms with van der Waals surface area (Å²) >= 11 is 0. The topological polar surface area (TPSA) is 9.23 Å². The van der Waals surface area contributed by atoms with Gasteiger partial charge in [-0.3, -0.25) is 0 Å². The fourth-order valence-electron chi connectivity index (χ4n) is 1.02. The lowest BCUT2D eigenvalue weighted by Gasteiger charge is -2.16. The maximum Gasteiger partial charge on any atom is 0.119 e. The highest BCUT2D eigenvalue weighted by molar-refractivity contribution is 5.21. The van der Waals surface area contributed by atoms with Crippen LogP contribution in [0.4, 0.5) is 0 Å². The molecule has 0 spiro atoms. The van der Waals surface area contributed by atoms with Crippen molar-refractivity contribution in [1.82, 2.24) is 0 Å². The summed E-state index contributed by atoms with van der Waals surface area (Å²) in [6.07, 6.45) is -4.36. The summed E-state index contributed by atoms with van der Waals surface area (Å²) in [6, 6.07) is 8.78. The van der Waals surface area contributed by atoms with Crippen molar-refractivity contribution >= 4 is 0 Å². The summed E-state index contributed by atoms with van der Waals surface area (Å²) in [5.74, 6) is 0.487. The molecule has 1 atom stereocenters. The molecule has 0 saturated heterocycles. The van der Waals surface area contributed by atoms with Crippen LogP contribution in [0.25, 0.3) is 0 Å². The SMILES string of the molecule is [2H]C([2H])(C)C(Oc1ccccc1)C([2H])([2H])CC. The van der Waals surface area contributed by atoms with E-state index in [1.54, 1.807) is 31.2 Å². The van der Waals surface area contributed by atoms with Crippen molar-refractivity contribution in [2.45, 2.75) is 39.1 Å². The van der Waals surface area contributed by atoms with Crippen LogP contribution in [-0.2, 0) is 0 Å². The van der Waals surface area contributed by atoms with Crippen molar-refractivity contribution in [3.05, 3.63) is 30.3 Å². The van der Waals surface area contributed by atoms with Crippen LogP contribution in [0.3, 0.4) is 0 Å². The maximum absolute atomic E-state index is 7.84. The van der Waals surface area contributed by atoms with Gasteiger partial charge in [0.2, 0.25) is 0 Å². The van der Waals surface area contributed by atoms with Crippen molar-refractivity contribution in [3.63, 3.8) is 0 Å². The van der Waals surface area contributed by atoms with E-state index >= 15 is 0 Å². The first kappa shape index (κ1) is 5.69. The number of hydrogen-bond donors (Lipinski definition) is 0. The van der Waals surface area contributed by atoms with Crippen molar-refractivity contribution in [2.75, 3.05) is 0 Å². The van der Waals surface area contributed by atoms with Gasteiger partial charge in [0.15, 0.2) is 0 Å². The Hall–Kier alpha value is -0.980. The number of rotatable bonds is 5. The van der Waals surface area contributed by atoms with E-state index in [9.17, 15) is 0 Å². The molecule has 13 heavy (non-hydrogen) atoms. The molecule has 0 radical (unpaired) electrons. The lowest BCUT2D eigenvalue weighted by Crippen LogP contribution is -2.14. The van der Waals surface area contributed by atoms with E-state index in [-0.39, 0.29) is 6.42 Å². The summed E-state index contributed by atoms with van der Waals surface area (Å²) in [4.78, 5) is 0. The van der Waals surface area contributed by atoms with Crippen molar-refractivity contribution in [3.8, 4) is 5.75 Å². The Bertz CT molecular complexity index is 345. The van der Waals surface area contributed by atoms with Gasteiger partial charge < -0.3 is 4.74 Å². The number of para-hydroxylation sites is 1. The van der Waals surface area contributed by atoms with E-state index in [4.69, 9.17) is 10.2 Å². The van der Waals surface area contributed by atoms with E-state index in [2.05, 4.69) is 0 Å². The van der Waals surface area contributed by atoms with Gasteiger partial charge in [-0.2, -0.15) is 0 Å². The third-order valence-corrected chi connectivity index (χ3v) is 1.65. The second-order valence-electron chi connectivity index (χ2n) is 2.66. The van der Waals surface area contributed by atoms with Crippen LogP contribution in [-0.4, -0.2) is 6.10 Å². The first-order chi connectivity index (χ1) is 7.77. The monoisotopic (exact) mass is 182 g/mol. The maximum atomic E-state index is 7.84. The zero-order valence-corrected chi connectivity index (χ0v) is 8.08. The normalized spacial score (nSPS) is 19.2. The minimum Gasteiger partial charge on any atom is -0.490 e. The highest BCUT2D eigenvalue weighted by atomic mass is 16.5. The Labute approximate surface area is 86.4 Å². The molecule has 0 amide bonds. The van der Waals surface area contributed by atoms with Gasteiger partial charge in [-0.05, 0) is 24.9 Å². The fourth-order valence-corrected chi connectivity index (χ4v) is 1.02. The smallest absolute Gasteiger partial charge is 0.119 e. The molecule has 0 heterocycles. The molecule has 72 valence electrons. The van der Waals surface area contributed by atoms with Crippen LogP contribution >= 0.6 is 0 Å². The second-order valence-corrected chi connectivity index (χ2v) is 2.66. The van der Waals surface area contributed by atoms with Crippen LogP contribution in [0.1, 0.15) is 38.5 Å². The van der Waals surface area contributed by atoms with Crippen LogP contribution < -0.4 is 4.74 Å². The van der Waals surface area contributed by atoms with Crippen molar-refractivity contribution < 1.29 is 10.2 Å². The summed E-state index contributed by atoms with van der Waals surface area (Å²) in [7, 11) is 0. The molecule has 1 nitrogen and oxygen atoms in total. The van der Waals surface area contributed by atoms with E-state index in [0.717, 1.165) is 0 Å². The minimum absolute atomic E-state index is 0.206. The Balaban J connectivity index is 2.94. The van der Waals surface area contributed by atoms with Crippen molar-refractivity contribution in [1.29, 1.82) is 0 Å². The van der Waals surface area contributed by atoms with E-state index in [1.807, 2.05) is 6.07 Å². The average molecular weight is 182 g/mol. The van der Waals surface area contributed by atoms with Crippen molar-refractivity contribution in [2.24, 2.45) is 0 Å². The number of ether oxygens (including phenoxy) is 1. The van der Waals surface area contributed by atoms with Crippen LogP contribution in [0.15, 0.2) is 30.3 Å². The highest BCUT2D eigenvalue weighted by Gasteiger charge is 2.05. The third-order valence-electron chi connectivity index (χ3n) is 1.65. The molecule has 1 unspecified atom stereocenters. The number of benzene rings is 1. The van der Waals surface area contributed by atoms with Gasteiger partial charge in [-0.15, -0.1) is 0 Å². The zero-order chi connectivity index (χ0) is 13.1. The molecule has 0 aliphatic rings. The molecule has 1 aromatic rings. The molecule has 0 saturated carbocycles. The van der Waals surface area contributed by atoms with E-state index in [0.29, 0.717) is 5.75 Å². The van der Waals surface area contributed by atoms with E-state index in [1.165, 1.54) is 6.92 Å². The fraction of sp³-hybridized carbons (Fsp3) is 0.500. The molecule has 0 fully saturated rings. The lowest BCUT2D eigenvalue weighted by molar-refractivity contribution is 0.186. The number of hydrogen-bond acceptors (Lipinski definition) is 1. The predicted molar refractivity (Wildman–Crippen MR) is 56.1 cm³/mol. The molecule has 0 N–H and O–H groups in total. The Morgan fingerprint density at radius 1 is 1.31 bits per heavy atom. The molecule has 0 bridgehead atoms. The van der Waals surface area contributed by atoms with Gasteiger partial charge in [0.05, 0.1) is 6.10 Å². The summed E-state index contributed by atoms with van der Waals surface area (Å²) in [5, 5.41) is 0. The molecule has 0 aliphatic heterocycles. The standard InChI is InChI=1S/C12H18O/c1-3-8-11(4-2)13-12-9-6-5-7-10-12/h5-7,9-11H,3-4,8H2,1-2H3/i4D2,8D2. The summed E-state index contributed by atoms with van der Waals surface area (Å²) in [6.45, 7) is 3.03. The van der Waals surface area contributed by atoms with Gasteiger partial charge in [0, 0.05) is 5.48 Å². The predicted octanol–water partition coefficient (Wildman–Crippen LogP) is 3.64. The third kappa shape index (κ3) is 3.49. The minimum atomic E-state index is -1.74. The Kier molecular flexibility index (Phi) is 2.46. The first-order valence-corrected chi connectivity index (χ1v) is 4.49. The quantitative estimate of drug-likeness (QED) is 0.675. The first-order valence-electron chi connectivity index (χ1n) is 6.49. The molecule has 1 aromatic carbocycles. The van der Waals surface area contributed by atoms with Gasteiger partial charge in [0.25, 0.3) is 0 Å². The molecule has 1 heteroatoms. The molecule has 0 aromatic heterocycles. The van der Waals surface area contributed by atoms with Crippen LogP contribution in [0.5, 0.6) is 5.75 Å². The van der Waals surface area contributed by atoms with Gasteiger partial charge >= 0.3 is 0 Å². The average Bonchev–Trinajstić information content (AvgIpc) is 2.25.